The van der Waals surface area contributed by atoms with E-state index in [0.717, 1.165) is 10.5 Å². The highest BCUT2D eigenvalue weighted by atomic mass is 79.9. The van der Waals surface area contributed by atoms with Crippen LogP contribution in [-0.2, 0) is 10.0 Å². The minimum absolute atomic E-state index is 0.0364. The fourth-order valence-electron chi connectivity index (χ4n) is 1.52. The first-order valence-electron chi connectivity index (χ1n) is 5.43. The van der Waals surface area contributed by atoms with E-state index in [1.54, 1.807) is 24.3 Å². The summed E-state index contributed by atoms with van der Waals surface area (Å²) < 4.78 is 40.6. The van der Waals surface area contributed by atoms with Gasteiger partial charge in [0.25, 0.3) is 10.0 Å². The number of hydrogen-bond acceptors (Lipinski definition) is 2. The summed E-state index contributed by atoms with van der Waals surface area (Å²) in [6, 6.07) is 10.4. The average Bonchev–Trinajstić information content (AvgIpc) is 2.35. The molecule has 100 valence electrons. The zero-order valence-corrected chi connectivity index (χ0v) is 12.4. The van der Waals surface area contributed by atoms with Crippen molar-refractivity contribution >= 4 is 31.6 Å². The summed E-state index contributed by atoms with van der Waals surface area (Å²) in [4.78, 5) is 0.0364. The Morgan fingerprint density at radius 1 is 1.11 bits per heavy atom. The van der Waals surface area contributed by atoms with E-state index in [-0.39, 0.29) is 4.90 Å². The third-order valence-electron chi connectivity index (χ3n) is 2.54. The van der Waals surface area contributed by atoms with Gasteiger partial charge in [0.05, 0.1) is 4.90 Å². The fourth-order valence-corrected chi connectivity index (χ4v) is 2.92. The molecule has 0 bridgehead atoms. The Balaban J connectivity index is 2.32. The first-order valence-corrected chi connectivity index (χ1v) is 7.71. The number of rotatable bonds is 3. The summed E-state index contributed by atoms with van der Waals surface area (Å²) in [7, 11) is -3.70. The monoisotopic (exact) mass is 343 g/mol. The normalized spacial score (nSPS) is 11.3. The highest BCUT2D eigenvalue weighted by Crippen LogP contribution is 2.20. The molecule has 6 heteroatoms. The van der Waals surface area contributed by atoms with Crippen LogP contribution in [0.15, 0.2) is 51.8 Å². The number of benzene rings is 2. The summed E-state index contributed by atoms with van der Waals surface area (Å²) in [5.74, 6) is -0.428. The Morgan fingerprint density at radius 2 is 1.74 bits per heavy atom. The first-order chi connectivity index (χ1) is 8.88. The van der Waals surface area contributed by atoms with E-state index in [1.165, 1.54) is 19.1 Å². The Morgan fingerprint density at radius 3 is 2.32 bits per heavy atom. The molecule has 0 amide bonds. The molecular weight excluding hydrogens is 333 g/mol. The molecule has 19 heavy (non-hydrogen) atoms. The molecule has 1 N–H and O–H groups in total. The van der Waals surface area contributed by atoms with Crippen LogP contribution in [0.4, 0.5) is 10.1 Å². The Hall–Kier alpha value is -1.40. The maximum Gasteiger partial charge on any atom is 0.261 e. The highest BCUT2D eigenvalue weighted by molar-refractivity contribution is 9.10. The smallest absolute Gasteiger partial charge is 0.261 e. The molecule has 0 fully saturated rings. The lowest BCUT2D eigenvalue weighted by atomic mass is 10.2. The molecule has 0 aromatic heterocycles. The predicted molar refractivity (Wildman–Crippen MR) is 76.1 cm³/mol. The van der Waals surface area contributed by atoms with Gasteiger partial charge in [0.1, 0.15) is 5.82 Å². The number of aryl methyl sites for hydroxylation is 1. The van der Waals surface area contributed by atoms with Gasteiger partial charge in [-0.15, -0.1) is 0 Å². The van der Waals surface area contributed by atoms with Crippen LogP contribution in [0.25, 0.3) is 0 Å². The van der Waals surface area contributed by atoms with Crippen LogP contribution in [0.5, 0.6) is 0 Å². The van der Waals surface area contributed by atoms with Gasteiger partial charge in [0, 0.05) is 10.2 Å². The number of halogens is 2. The maximum absolute atomic E-state index is 13.1. The van der Waals surface area contributed by atoms with Crippen molar-refractivity contribution in [1.82, 2.24) is 0 Å². The average molecular weight is 344 g/mol. The van der Waals surface area contributed by atoms with Gasteiger partial charge in [0.2, 0.25) is 0 Å². The SMILES string of the molecule is Cc1cc(S(=O)(=O)Nc2ccc(Br)cc2)ccc1F. The topological polar surface area (TPSA) is 46.2 Å². The molecule has 0 saturated heterocycles. The van der Waals surface area contributed by atoms with E-state index < -0.39 is 15.8 Å². The molecule has 0 heterocycles. The van der Waals surface area contributed by atoms with E-state index >= 15 is 0 Å². The minimum atomic E-state index is -3.70. The second-order valence-corrected chi connectivity index (χ2v) is 6.62. The van der Waals surface area contributed by atoms with Gasteiger partial charge < -0.3 is 0 Å². The van der Waals surface area contributed by atoms with Crippen molar-refractivity contribution in [2.45, 2.75) is 11.8 Å². The van der Waals surface area contributed by atoms with Crippen molar-refractivity contribution in [3.05, 3.63) is 58.3 Å². The van der Waals surface area contributed by atoms with Gasteiger partial charge in [-0.3, -0.25) is 4.72 Å². The molecule has 2 aromatic carbocycles. The summed E-state index contributed by atoms with van der Waals surface area (Å²) in [5.41, 5.74) is 0.740. The van der Waals surface area contributed by atoms with Gasteiger partial charge >= 0.3 is 0 Å². The molecule has 2 rings (SSSR count). The number of sulfonamides is 1. The lowest BCUT2D eigenvalue weighted by Crippen LogP contribution is -2.13. The van der Waals surface area contributed by atoms with Crippen LogP contribution in [0.1, 0.15) is 5.56 Å². The summed E-state index contributed by atoms with van der Waals surface area (Å²) in [6.45, 7) is 1.52. The zero-order valence-electron chi connectivity index (χ0n) is 10.0. The zero-order chi connectivity index (χ0) is 14.0. The standard InChI is InChI=1S/C13H11BrFNO2S/c1-9-8-12(6-7-13(9)15)19(17,18)16-11-4-2-10(14)3-5-11/h2-8,16H,1H3. The number of nitrogens with one attached hydrogen (secondary N) is 1. The second-order valence-electron chi connectivity index (χ2n) is 4.02. The Kier molecular flexibility index (Phi) is 3.91. The van der Waals surface area contributed by atoms with Crippen molar-refractivity contribution in [3.63, 3.8) is 0 Å². The molecule has 0 aliphatic heterocycles. The maximum atomic E-state index is 13.1. The molecule has 2 aromatic rings. The molecule has 0 aliphatic rings. The second kappa shape index (κ2) is 5.30. The molecule has 3 nitrogen and oxygen atoms in total. The van der Waals surface area contributed by atoms with Gasteiger partial charge in [-0.25, -0.2) is 12.8 Å². The third-order valence-corrected chi connectivity index (χ3v) is 4.44. The van der Waals surface area contributed by atoms with Gasteiger partial charge in [0.15, 0.2) is 0 Å². The van der Waals surface area contributed by atoms with Crippen molar-refractivity contribution in [2.75, 3.05) is 4.72 Å². The van der Waals surface area contributed by atoms with Crippen molar-refractivity contribution in [1.29, 1.82) is 0 Å². The molecule has 0 radical (unpaired) electrons. The number of hydrogen-bond donors (Lipinski definition) is 1. The van der Waals surface area contributed by atoms with Crippen LogP contribution in [-0.4, -0.2) is 8.42 Å². The van der Waals surface area contributed by atoms with Crippen molar-refractivity contribution < 1.29 is 12.8 Å². The van der Waals surface area contributed by atoms with E-state index in [2.05, 4.69) is 20.7 Å². The van der Waals surface area contributed by atoms with Crippen LogP contribution in [0.2, 0.25) is 0 Å². The van der Waals surface area contributed by atoms with E-state index in [0.29, 0.717) is 11.3 Å². The fraction of sp³-hybridized carbons (Fsp3) is 0.0769. The minimum Gasteiger partial charge on any atom is -0.280 e. The van der Waals surface area contributed by atoms with Gasteiger partial charge in [-0.05, 0) is 55.0 Å². The van der Waals surface area contributed by atoms with Gasteiger partial charge in [-0.1, -0.05) is 15.9 Å². The molecular formula is C13H11BrFNO2S. The lowest BCUT2D eigenvalue weighted by molar-refractivity contribution is 0.598. The van der Waals surface area contributed by atoms with Crippen LogP contribution < -0.4 is 4.72 Å². The summed E-state index contributed by atoms with van der Waals surface area (Å²) in [5, 5.41) is 0. The Bertz CT molecular complexity index is 699. The molecule has 0 unspecified atom stereocenters. The highest BCUT2D eigenvalue weighted by Gasteiger charge is 2.15. The van der Waals surface area contributed by atoms with Crippen LogP contribution in [0.3, 0.4) is 0 Å². The molecule has 0 saturated carbocycles. The quantitative estimate of drug-likeness (QED) is 0.923. The lowest BCUT2D eigenvalue weighted by Gasteiger charge is -2.09. The summed E-state index contributed by atoms with van der Waals surface area (Å²) >= 11 is 3.27. The molecule has 0 aliphatic carbocycles. The van der Waals surface area contributed by atoms with Crippen molar-refractivity contribution in [3.8, 4) is 0 Å². The number of anilines is 1. The van der Waals surface area contributed by atoms with E-state index in [9.17, 15) is 12.8 Å². The van der Waals surface area contributed by atoms with E-state index in [4.69, 9.17) is 0 Å². The Labute approximate surface area is 119 Å². The van der Waals surface area contributed by atoms with Crippen LogP contribution in [0, 0.1) is 12.7 Å². The largest absolute Gasteiger partial charge is 0.280 e. The summed E-state index contributed by atoms with van der Waals surface area (Å²) in [6.07, 6.45) is 0. The van der Waals surface area contributed by atoms with Crippen molar-refractivity contribution in [2.24, 2.45) is 0 Å². The first kappa shape index (κ1) is 14.0. The van der Waals surface area contributed by atoms with Gasteiger partial charge in [-0.2, -0.15) is 0 Å². The molecule has 0 atom stereocenters. The van der Waals surface area contributed by atoms with E-state index in [1.807, 2.05) is 0 Å². The predicted octanol–water partition coefficient (Wildman–Crippen LogP) is 3.70. The third kappa shape index (κ3) is 3.33. The van der Waals surface area contributed by atoms with Crippen LogP contribution >= 0.6 is 15.9 Å². The molecule has 0 spiro atoms.